The first-order valence-corrected chi connectivity index (χ1v) is 8.46. The van der Waals surface area contributed by atoms with Crippen molar-refractivity contribution in [2.24, 2.45) is 5.73 Å². The number of hydrogen-bond donors (Lipinski definition) is 2. The highest BCUT2D eigenvalue weighted by atomic mass is 35.5. The van der Waals surface area contributed by atoms with E-state index in [0.717, 1.165) is 32.2 Å². The zero-order valence-corrected chi connectivity index (χ0v) is 14.3. The third kappa shape index (κ3) is 6.32. The Morgan fingerprint density at radius 3 is 2.90 bits per heavy atom. The first kappa shape index (κ1) is 18.4. The Hall–Kier alpha value is -0.650. The zero-order valence-electron chi connectivity index (χ0n) is 12.7. The van der Waals surface area contributed by atoms with E-state index in [1.165, 1.54) is 34.8 Å². The number of nitrogens with one attached hydrogen (secondary N) is 1. The third-order valence-corrected chi connectivity index (χ3v) is 4.82. The summed E-state index contributed by atoms with van der Waals surface area (Å²) in [6.07, 6.45) is 8.19. The van der Waals surface area contributed by atoms with Gasteiger partial charge in [-0.3, -0.25) is 4.79 Å². The van der Waals surface area contributed by atoms with Crippen LogP contribution in [0.25, 0.3) is 0 Å². The van der Waals surface area contributed by atoms with E-state index in [2.05, 4.69) is 5.32 Å². The molecule has 1 amide bonds. The molecule has 0 aromatic carbocycles. The number of amides is 1. The van der Waals surface area contributed by atoms with E-state index in [-0.39, 0.29) is 24.4 Å². The van der Waals surface area contributed by atoms with E-state index in [1.807, 2.05) is 18.3 Å². The molecule has 0 bridgehead atoms. The molecule has 1 aliphatic rings. The van der Waals surface area contributed by atoms with Crippen molar-refractivity contribution in [1.82, 2.24) is 10.3 Å². The molecule has 120 valence electrons. The van der Waals surface area contributed by atoms with Crippen LogP contribution in [0.3, 0.4) is 0 Å². The minimum absolute atomic E-state index is 0. The number of nitrogens with zero attached hydrogens (tertiary/aromatic N) is 1. The van der Waals surface area contributed by atoms with Gasteiger partial charge in [-0.25, -0.2) is 4.98 Å². The molecule has 1 aliphatic carbocycles. The quantitative estimate of drug-likeness (QED) is 0.755. The van der Waals surface area contributed by atoms with E-state index < -0.39 is 0 Å². The standard InChI is InChI=1S/C15H25N3OS.ClH/c1-11(16)8-9-14(19)17-10-4-7-15-18-12-5-2-3-6-13(12)20-15;/h11H,2-10,16H2,1H3,(H,17,19);1H. The highest BCUT2D eigenvalue weighted by Gasteiger charge is 2.14. The zero-order chi connectivity index (χ0) is 14.4. The van der Waals surface area contributed by atoms with E-state index in [9.17, 15) is 4.79 Å². The fourth-order valence-corrected chi connectivity index (χ4v) is 3.63. The van der Waals surface area contributed by atoms with Gasteiger partial charge in [-0.1, -0.05) is 0 Å². The molecule has 21 heavy (non-hydrogen) atoms. The SMILES string of the molecule is CC(N)CCC(=O)NCCCc1nc2c(s1)CCCC2.Cl. The molecule has 0 fully saturated rings. The molecule has 1 atom stereocenters. The number of nitrogens with two attached hydrogens (primary N) is 1. The van der Waals surface area contributed by atoms with Crippen molar-refractivity contribution in [2.45, 2.75) is 64.3 Å². The van der Waals surface area contributed by atoms with Gasteiger partial charge in [0, 0.05) is 30.3 Å². The number of aromatic nitrogens is 1. The minimum atomic E-state index is 0. The number of hydrogen-bond acceptors (Lipinski definition) is 4. The summed E-state index contributed by atoms with van der Waals surface area (Å²) >= 11 is 1.87. The summed E-state index contributed by atoms with van der Waals surface area (Å²) in [5.74, 6) is 0.112. The van der Waals surface area contributed by atoms with Crippen molar-refractivity contribution < 1.29 is 4.79 Å². The molecule has 0 saturated carbocycles. The summed E-state index contributed by atoms with van der Waals surface area (Å²) in [6.45, 7) is 2.67. The monoisotopic (exact) mass is 331 g/mol. The molecule has 0 radical (unpaired) electrons. The second-order valence-corrected chi connectivity index (χ2v) is 6.82. The summed E-state index contributed by atoms with van der Waals surface area (Å²) in [6, 6.07) is 0.0994. The summed E-state index contributed by atoms with van der Waals surface area (Å²) in [5, 5.41) is 4.19. The van der Waals surface area contributed by atoms with Crippen molar-refractivity contribution in [1.29, 1.82) is 0 Å². The number of aryl methyl sites for hydroxylation is 3. The Labute approximate surface area is 137 Å². The molecule has 6 heteroatoms. The lowest BCUT2D eigenvalue weighted by atomic mass is 10.0. The molecule has 1 aromatic rings. The van der Waals surface area contributed by atoms with Crippen LogP contribution in [-0.4, -0.2) is 23.5 Å². The lowest BCUT2D eigenvalue weighted by Gasteiger charge is -2.06. The molecular formula is C15H26ClN3OS. The Morgan fingerprint density at radius 2 is 2.19 bits per heavy atom. The van der Waals surface area contributed by atoms with Gasteiger partial charge < -0.3 is 11.1 Å². The van der Waals surface area contributed by atoms with E-state index in [1.54, 1.807) is 0 Å². The van der Waals surface area contributed by atoms with Crippen LogP contribution >= 0.6 is 23.7 Å². The highest BCUT2D eigenvalue weighted by Crippen LogP contribution is 2.27. The van der Waals surface area contributed by atoms with Crippen LogP contribution in [-0.2, 0) is 24.1 Å². The molecule has 0 aliphatic heterocycles. The maximum atomic E-state index is 11.5. The summed E-state index contributed by atoms with van der Waals surface area (Å²) in [7, 11) is 0. The van der Waals surface area contributed by atoms with Gasteiger partial charge in [-0.15, -0.1) is 23.7 Å². The average Bonchev–Trinajstić information content (AvgIpc) is 2.84. The molecule has 0 spiro atoms. The first-order valence-electron chi connectivity index (χ1n) is 7.65. The van der Waals surface area contributed by atoms with Gasteiger partial charge in [-0.05, 0) is 45.4 Å². The van der Waals surface area contributed by atoms with E-state index in [4.69, 9.17) is 10.7 Å². The first-order chi connectivity index (χ1) is 9.65. The molecule has 4 nitrogen and oxygen atoms in total. The molecule has 1 aromatic heterocycles. The van der Waals surface area contributed by atoms with Gasteiger partial charge in [-0.2, -0.15) is 0 Å². The van der Waals surface area contributed by atoms with Crippen LogP contribution in [0.5, 0.6) is 0 Å². The van der Waals surface area contributed by atoms with Crippen LogP contribution < -0.4 is 11.1 Å². The van der Waals surface area contributed by atoms with Gasteiger partial charge in [0.15, 0.2) is 0 Å². The summed E-state index contributed by atoms with van der Waals surface area (Å²) in [5.41, 5.74) is 6.96. The molecule has 3 N–H and O–H groups in total. The lowest BCUT2D eigenvalue weighted by molar-refractivity contribution is -0.121. The van der Waals surface area contributed by atoms with Gasteiger partial charge in [0.05, 0.1) is 10.7 Å². The molecule has 0 saturated heterocycles. The van der Waals surface area contributed by atoms with E-state index >= 15 is 0 Å². The van der Waals surface area contributed by atoms with Crippen molar-refractivity contribution in [3.8, 4) is 0 Å². The molecule has 1 heterocycles. The number of carbonyl (C=O) groups excluding carboxylic acids is 1. The maximum absolute atomic E-state index is 11.5. The predicted molar refractivity (Wildman–Crippen MR) is 90.2 cm³/mol. The second-order valence-electron chi connectivity index (χ2n) is 5.65. The topological polar surface area (TPSA) is 68.0 Å². The molecular weight excluding hydrogens is 306 g/mol. The Morgan fingerprint density at radius 1 is 1.43 bits per heavy atom. The number of carbonyl (C=O) groups is 1. The van der Waals surface area contributed by atoms with Crippen molar-refractivity contribution in [2.75, 3.05) is 6.54 Å². The number of fused-ring (bicyclic) bond motifs is 1. The number of halogens is 1. The summed E-state index contributed by atoms with van der Waals surface area (Å²) in [4.78, 5) is 17.7. The Kier molecular flexibility index (Phi) is 8.22. The van der Waals surface area contributed by atoms with Gasteiger partial charge in [0.2, 0.25) is 5.91 Å². The fourth-order valence-electron chi connectivity index (χ4n) is 2.43. The van der Waals surface area contributed by atoms with Crippen molar-refractivity contribution >= 4 is 29.7 Å². The molecule has 1 unspecified atom stereocenters. The lowest BCUT2D eigenvalue weighted by Crippen LogP contribution is -2.26. The Bertz CT molecular complexity index is 425. The van der Waals surface area contributed by atoms with Gasteiger partial charge in [0.25, 0.3) is 0 Å². The van der Waals surface area contributed by atoms with E-state index in [0.29, 0.717) is 6.42 Å². The summed E-state index contributed by atoms with van der Waals surface area (Å²) < 4.78 is 0. The van der Waals surface area contributed by atoms with Crippen LogP contribution in [0.1, 0.15) is 54.6 Å². The van der Waals surface area contributed by atoms with Crippen molar-refractivity contribution in [3.63, 3.8) is 0 Å². The largest absolute Gasteiger partial charge is 0.356 e. The number of rotatable bonds is 7. The normalized spacial score (nSPS) is 15.0. The van der Waals surface area contributed by atoms with Crippen LogP contribution in [0.4, 0.5) is 0 Å². The van der Waals surface area contributed by atoms with Crippen LogP contribution in [0.2, 0.25) is 0 Å². The highest BCUT2D eigenvalue weighted by molar-refractivity contribution is 7.11. The smallest absolute Gasteiger partial charge is 0.220 e. The maximum Gasteiger partial charge on any atom is 0.220 e. The van der Waals surface area contributed by atoms with Crippen molar-refractivity contribution in [3.05, 3.63) is 15.6 Å². The second kappa shape index (κ2) is 9.38. The average molecular weight is 332 g/mol. The Balaban J connectivity index is 0.00000220. The fraction of sp³-hybridized carbons (Fsp3) is 0.733. The van der Waals surface area contributed by atoms with Crippen LogP contribution in [0.15, 0.2) is 0 Å². The van der Waals surface area contributed by atoms with Crippen LogP contribution in [0, 0.1) is 0 Å². The predicted octanol–water partition coefficient (Wildman–Crippen LogP) is 2.62. The minimum Gasteiger partial charge on any atom is -0.356 e. The third-order valence-electron chi connectivity index (χ3n) is 3.61. The number of thiazole rings is 1. The van der Waals surface area contributed by atoms with Gasteiger partial charge >= 0.3 is 0 Å². The molecule has 2 rings (SSSR count). The van der Waals surface area contributed by atoms with Gasteiger partial charge in [0.1, 0.15) is 0 Å².